The van der Waals surface area contributed by atoms with E-state index in [9.17, 15) is 9.59 Å². The van der Waals surface area contributed by atoms with Crippen molar-refractivity contribution in [1.29, 1.82) is 0 Å². The minimum Gasteiger partial charge on any atom is -0.493 e. The average molecular weight is 343 g/mol. The molecule has 5 heteroatoms. The van der Waals surface area contributed by atoms with Gasteiger partial charge in [0.05, 0.1) is 18.6 Å². The van der Waals surface area contributed by atoms with Gasteiger partial charge < -0.3 is 9.84 Å². The molecule has 0 aliphatic carbocycles. The molecule has 0 amide bonds. The van der Waals surface area contributed by atoms with Crippen molar-refractivity contribution in [2.45, 2.75) is 33.6 Å². The highest BCUT2D eigenvalue weighted by Gasteiger charge is 2.27. The molecule has 0 bridgehead atoms. The summed E-state index contributed by atoms with van der Waals surface area (Å²) in [5.41, 5.74) is -0.103. The first-order chi connectivity index (χ1) is 9.25. The summed E-state index contributed by atoms with van der Waals surface area (Å²) in [7, 11) is 0. The first-order valence-electron chi connectivity index (χ1n) is 6.42. The Morgan fingerprint density at radius 1 is 1.30 bits per heavy atom. The topological polar surface area (TPSA) is 63.6 Å². The fraction of sp³-hybridized carbons (Fsp3) is 0.467. The van der Waals surface area contributed by atoms with Crippen LogP contribution in [0.1, 0.15) is 44.0 Å². The number of ketones is 1. The number of carboxylic acid groups (broad SMARTS) is 1. The lowest BCUT2D eigenvalue weighted by Crippen LogP contribution is -2.21. The molecule has 0 fully saturated rings. The molecule has 1 aromatic carbocycles. The average Bonchev–Trinajstić information content (AvgIpc) is 2.29. The number of hydrogen-bond donors (Lipinski definition) is 1. The Morgan fingerprint density at radius 3 is 2.50 bits per heavy atom. The minimum absolute atomic E-state index is 0.0449. The van der Waals surface area contributed by atoms with Gasteiger partial charge in [0.2, 0.25) is 0 Å². The summed E-state index contributed by atoms with van der Waals surface area (Å²) in [6.45, 7) is 5.87. The van der Waals surface area contributed by atoms with Crippen LogP contribution in [-0.4, -0.2) is 23.5 Å². The molecule has 0 aliphatic heterocycles. The van der Waals surface area contributed by atoms with Gasteiger partial charge in [-0.15, -0.1) is 0 Å². The van der Waals surface area contributed by atoms with Gasteiger partial charge in [-0.3, -0.25) is 9.59 Å². The summed E-state index contributed by atoms with van der Waals surface area (Å²) >= 11 is 3.33. The van der Waals surface area contributed by atoms with Crippen molar-refractivity contribution in [3.05, 3.63) is 28.2 Å². The van der Waals surface area contributed by atoms with Gasteiger partial charge in [0.1, 0.15) is 5.75 Å². The molecule has 1 aromatic rings. The lowest BCUT2D eigenvalue weighted by Gasteiger charge is -2.22. The molecule has 0 spiro atoms. The Morgan fingerprint density at radius 2 is 1.95 bits per heavy atom. The molecule has 0 saturated carbocycles. The van der Waals surface area contributed by atoms with Gasteiger partial charge >= 0.3 is 5.97 Å². The summed E-state index contributed by atoms with van der Waals surface area (Å²) in [6, 6.07) is 5.26. The maximum atomic E-state index is 12.4. The van der Waals surface area contributed by atoms with Crippen LogP contribution in [0.25, 0.3) is 0 Å². The number of carboxylic acids is 1. The maximum absolute atomic E-state index is 12.4. The van der Waals surface area contributed by atoms with E-state index in [0.717, 1.165) is 4.47 Å². The van der Waals surface area contributed by atoms with Gasteiger partial charge in [-0.1, -0.05) is 29.8 Å². The molecule has 20 heavy (non-hydrogen) atoms. The normalized spacial score (nSPS) is 11.2. The highest BCUT2D eigenvalue weighted by molar-refractivity contribution is 9.10. The van der Waals surface area contributed by atoms with Crippen LogP contribution < -0.4 is 4.74 Å². The third-order valence-electron chi connectivity index (χ3n) is 2.81. The third kappa shape index (κ3) is 4.96. The standard InChI is InChI=1S/C15H19BrO4/c1-4-20-13-6-5-10(16)7-11(13)12(17)8-15(2,3)9-14(18)19/h5-7H,4,8-9H2,1-3H3,(H,18,19). The van der Waals surface area contributed by atoms with Crippen LogP contribution in [0.4, 0.5) is 0 Å². The summed E-state index contributed by atoms with van der Waals surface area (Å²) < 4.78 is 6.24. The SMILES string of the molecule is CCOc1ccc(Br)cc1C(=O)CC(C)(C)CC(=O)O. The summed E-state index contributed by atoms with van der Waals surface area (Å²) in [6.07, 6.45) is 0.118. The van der Waals surface area contributed by atoms with E-state index >= 15 is 0 Å². The zero-order valence-electron chi connectivity index (χ0n) is 11.9. The van der Waals surface area contributed by atoms with Crippen molar-refractivity contribution in [2.24, 2.45) is 5.41 Å². The van der Waals surface area contributed by atoms with E-state index in [1.165, 1.54) is 0 Å². The summed E-state index contributed by atoms with van der Waals surface area (Å²) in [4.78, 5) is 23.2. The van der Waals surface area contributed by atoms with Crippen molar-refractivity contribution in [1.82, 2.24) is 0 Å². The number of carbonyl (C=O) groups is 2. The zero-order valence-corrected chi connectivity index (χ0v) is 13.5. The Hall–Kier alpha value is -1.36. The van der Waals surface area contributed by atoms with E-state index in [0.29, 0.717) is 17.9 Å². The Labute approximate surface area is 127 Å². The summed E-state index contributed by atoms with van der Waals surface area (Å²) in [5.74, 6) is -0.477. The van der Waals surface area contributed by atoms with Crippen LogP contribution in [0.3, 0.4) is 0 Å². The summed E-state index contributed by atoms with van der Waals surface area (Å²) in [5, 5.41) is 8.87. The first kappa shape index (κ1) is 16.7. The predicted molar refractivity (Wildman–Crippen MR) is 80.3 cm³/mol. The fourth-order valence-electron chi connectivity index (χ4n) is 2.00. The van der Waals surface area contributed by atoms with Gasteiger partial charge in [-0.2, -0.15) is 0 Å². The Balaban J connectivity index is 2.96. The highest BCUT2D eigenvalue weighted by Crippen LogP contribution is 2.31. The molecule has 0 aromatic heterocycles. The molecular formula is C15H19BrO4. The number of ether oxygens (including phenoxy) is 1. The quantitative estimate of drug-likeness (QED) is 0.762. The number of rotatable bonds is 7. The molecule has 0 heterocycles. The van der Waals surface area contributed by atoms with E-state index in [2.05, 4.69) is 15.9 Å². The second-order valence-electron chi connectivity index (χ2n) is 5.41. The fourth-order valence-corrected chi connectivity index (χ4v) is 2.36. The molecule has 0 atom stereocenters. The van der Waals surface area contributed by atoms with Crippen LogP contribution >= 0.6 is 15.9 Å². The first-order valence-corrected chi connectivity index (χ1v) is 7.22. The van der Waals surface area contributed by atoms with Crippen molar-refractivity contribution >= 4 is 27.7 Å². The van der Waals surface area contributed by atoms with Gasteiger partial charge in [-0.05, 0) is 30.5 Å². The lowest BCUT2D eigenvalue weighted by atomic mass is 9.82. The Bertz CT molecular complexity index is 509. The number of halogens is 1. The zero-order chi connectivity index (χ0) is 15.3. The van der Waals surface area contributed by atoms with E-state index in [-0.39, 0.29) is 18.6 Å². The number of Topliss-reactive ketones (excluding diaryl/α,β-unsaturated/α-hetero) is 1. The third-order valence-corrected chi connectivity index (χ3v) is 3.30. The molecule has 0 aliphatic rings. The number of aliphatic carboxylic acids is 1. The van der Waals surface area contributed by atoms with Crippen molar-refractivity contribution in [3.63, 3.8) is 0 Å². The van der Waals surface area contributed by atoms with Gasteiger partial charge in [0.15, 0.2) is 5.78 Å². The largest absolute Gasteiger partial charge is 0.493 e. The van der Waals surface area contributed by atoms with E-state index in [4.69, 9.17) is 9.84 Å². The van der Waals surface area contributed by atoms with Crippen LogP contribution in [-0.2, 0) is 4.79 Å². The number of benzene rings is 1. The number of hydrogen-bond acceptors (Lipinski definition) is 3. The lowest BCUT2D eigenvalue weighted by molar-refractivity contribution is -0.139. The molecule has 4 nitrogen and oxygen atoms in total. The molecule has 1 N–H and O–H groups in total. The van der Waals surface area contributed by atoms with Crippen molar-refractivity contribution in [2.75, 3.05) is 6.61 Å². The Kier molecular flexibility index (Phi) is 5.74. The van der Waals surface area contributed by atoms with E-state index < -0.39 is 11.4 Å². The molecular weight excluding hydrogens is 324 g/mol. The van der Waals surface area contributed by atoms with Gasteiger partial charge in [0, 0.05) is 10.9 Å². The van der Waals surface area contributed by atoms with Crippen LogP contribution in [0.2, 0.25) is 0 Å². The van der Waals surface area contributed by atoms with Crippen LogP contribution in [0.15, 0.2) is 22.7 Å². The van der Waals surface area contributed by atoms with Gasteiger partial charge in [-0.25, -0.2) is 0 Å². The molecule has 0 radical (unpaired) electrons. The maximum Gasteiger partial charge on any atom is 0.303 e. The molecule has 1 rings (SSSR count). The van der Waals surface area contributed by atoms with Crippen molar-refractivity contribution in [3.8, 4) is 5.75 Å². The second-order valence-corrected chi connectivity index (χ2v) is 6.32. The highest BCUT2D eigenvalue weighted by atomic mass is 79.9. The molecule has 110 valence electrons. The molecule has 0 unspecified atom stereocenters. The minimum atomic E-state index is -0.901. The second kappa shape index (κ2) is 6.88. The van der Waals surface area contributed by atoms with Crippen LogP contribution in [0.5, 0.6) is 5.75 Å². The van der Waals surface area contributed by atoms with Crippen LogP contribution in [0, 0.1) is 5.41 Å². The van der Waals surface area contributed by atoms with Gasteiger partial charge in [0.25, 0.3) is 0 Å². The smallest absolute Gasteiger partial charge is 0.303 e. The van der Waals surface area contributed by atoms with E-state index in [1.54, 1.807) is 26.0 Å². The number of carbonyl (C=O) groups excluding carboxylic acids is 1. The van der Waals surface area contributed by atoms with E-state index in [1.807, 2.05) is 13.0 Å². The predicted octanol–water partition coefficient (Wildman–Crippen LogP) is 3.92. The monoisotopic (exact) mass is 342 g/mol. The molecule has 0 saturated heterocycles. The van der Waals surface area contributed by atoms with Crippen molar-refractivity contribution < 1.29 is 19.4 Å².